The topological polar surface area (TPSA) is 109 Å². The number of nitriles is 1. The highest BCUT2D eigenvalue weighted by atomic mass is 79.9. The largest absolute Gasteiger partial charge is 0.368 e. The monoisotopic (exact) mass is 372 g/mol. The first-order valence-corrected chi connectivity index (χ1v) is 7.50. The average Bonchev–Trinajstić information content (AvgIpc) is 2.56. The van der Waals surface area contributed by atoms with Crippen molar-refractivity contribution in [2.45, 2.75) is 12.5 Å². The lowest BCUT2D eigenvalue weighted by atomic mass is 10.1. The molecule has 2 amide bonds. The van der Waals surface area contributed by atoms with Crippen molar-refractivity contribution in [1.82, 2.24) is 10.3 Å². The number of hydrogen-bond acceptors (Lipinski definition) is 4. The number of aromatic nitrogens is 1. The fraction of sp³-hybridized carbons (Fsp3) is 0.125. The quantitative estimate of drug-likeness (QED) is 0.775. The number of primary amides is 1. The zero-order valence-electron chi connectivity index (χ0n) is 12.0. The van der Waals surface area contributed by atoms with E-state index in [4.69, 9.17) is 11.0 Å². The molecule has 0 radical (unpaired) electrons. The second-order valence-corrected chi connectivity index (χ2v) is 5.53. The van der Waals surface area contributed by atoms with Crippen LogP contribution in [0.1, 0.15) is 21.5 Å². The highest BCUT2D eigenvalue weighted by Crippen LogP contribution is 2.15. The van der Waals surface area contributed by atoms with Gasteiger partial charge >= 0.3 is 0 Å². The van der Waals surface area contributed by atoms with Crippen molar-refractivity contribution in [3.8, 4) is 6.07 Å². The van der Waals surface area contributed by atoms with Gasteiger partial charge in [0.2, 0.25) is 5.91 Å². The van der Waals surface area contributed by atoms with E-state index in [1.165, 1.54) is 24.3 Å². The van der Waals surface area contributed by atoms with Gasteiger partial charge in [0.15, 0.2) is 0 Å². The number of benzene rings is 1. The highest BCUT2D eigenvalue weighted by Gasteiger charge is 2.20. The predicted octanol–water partition coefficient (Wildman–Crippen LogP) is 1.54. The van der Waals surface area contributed by atoms with Crippen LogP contribution < -0.4 is 11.1 Å². The number of amides is 2. The fourth-order valence-corrected chi connectivity index (χ4v) is 2.36. The minimum absolute atomic E-state index is 0.228. The smallest absolute Gasteiger partial charge is 0.251 e. The van der Waals surface area contributed by atoms with Gasteiger partial charge in [-0.25, -0.2) is 4.98 Å². The van der Waals surface area contributed by atoms with Crippen LogP contribution in [-0.4, -0.2) is 22.8 Å². The Hall–Kier alpha value is -2.72. The normalized spacial score (nSPS) is 11.3. The molecule has 0 spiro atoms. The molecule has 0 saturated carbocycles. The number of carbonyl (C=O) groups excluding carboxylic acids is 2. The molecule has 0 bridgehead atoms. The molecule has 0 aliphatic rings. The van der Waals surface area contributed by atoms with Crippen LogP contribution >= 0.6 is 15.9 Å². The number of pyridine rings is 1. The van der Waals surface area contributed by atoms with E-state index in [9.17, 15) is 9.59 Å². The highest BCUT2D eigenvalue weighted by molar-refractivity contribution is 9.10. The van der Waals surface area contributed by atoms with Gasteiger partial charge in [0, 0.05) is 18.2 Å². The lowest BCUT2D eigenvalue weighted by molar-refractivity contribution is -0.119. The molecule has 0 unspecified atom stereocenters. The van der Waals surface area contributed by atoms with Crippen LogP contribution in [0.2, 0.25) is 0 Å². The molecule has 116 valence electrons. The summed E-state index contributed by atoms with van der Waals surface area (Å²) in [6.45, 7) is 0. The van der Waals surface area contributed by atoms with E-state index < -0.39 is 17.9 Å². The molecule has 7 heteroatoms. The Kier molecular flexibility index (Phi) is 5.44. The van der Waals surface area contributed by atoms with E-state index in [2.05, 4.69) is 26.2 Å². The summed E-state index contributed by atoms with van der Waals surface area (Å²) >= 11 is 3.29. The minimum atomic E-state index is -0.862. The number of nitrogens with one attached hydrogen (secondary N) is 1. The molecule has 0 aliphatic carbocycles. The molecule has 1 aromatic heterocycles. The van der Waals surface area contributed by atoms with E-state index in [1.54, 1.807) is 18.3 Å². The first kappa shape index (κ1) is 16.6. The molecule has 1 atom stereocenters. The summed E-state index contributed by atoms with van der Waals surface area (Å²) in [5.41, 5.74) is 6.93. The zero-order valence-corrected chi connectivity index (χ0v) is 13.6. The maximum atomic E-state index is 12.2. The van der Waals surface area contributed by atoms with Crippen molar-refractivity contribution in [3.63, 3.8) is 0 Å². The summed E-state index contributed by atoms with van der Waals surface area (Å²) in [7, 11) is 0. The summed E-state index contributed by atoms with van der Waals surface area (Å²) in [5, 5.41) is 11.4. The van der Waals surface area contributed by atoms with Gasteiger partial charge in [-0.3, -0.25) is 9.59 Å². The Morgan fingerprint density at radius 1 is 1.30 bits per heavy atom. The van der Waals surface area contributed by atoms with Crippen molar-refractivity contribution in [1.29, 1.82) is 5.26 Å². The third-order valence-corrected chi connectivity index (χ3v) is 3.90. The third kappa shape index (κ3) is 4.37. The van der Waals surface area contributed by atoms with E-state index in [0.29, 0.717) is 15.7 Å². The van der Waals surface area contributed by atoms with Crippen molar-refractivity contribution >= 4 is 27.7 Å². The van der Waals surface area contributed by atoms with E-state index in [1.807, 2.05) is 6.07 Å². The summed E-state index contributed by atoms with van der Waals surface area (Å²) in [5.74, 6) is -1.07. The molecular formula is C16H13BrN4O2. The molecule has 23 heavy (non-hydrogen) atoms. The van der Waals surface area contributed by atoms with Crippen LogP contribution in [0.3, 0.4) is 0 Å². The second-order valence-electron chi connectivity index (χ2n) is 4.78. The van der Waals surface area contributed by atoms with Gasteiger partial charge in [0.25, 0.3) is 5.91 Å². The van der Waals surface area contributed by atoms with Crippen molar-refractivity contribution in [2.24, 2.45) is 5.73 Å². The van der Waals surface area contributed by atoms with Crippen LogP contribution in [0.5, 0.6) is 0 Å². The van der Waals surface area contributed by atoms with Gasteiger partial charge < -0.3 is 11.1 Å². The minimum Gasteiger partial charge on any atom is -0.368 e. The van der Waals surface area contributed by atoms with Crippen molar-refractivity contribution in [3.05, 3.63) is 63.9 Å². The summed E-state index contributed by atoms with van der Waals surface area (Å²) in [6, 6.07) is 10.7. The molecule has 6 nitrogen and oxygen atoms in total. The Morgan fingerprint density at radius 2 is 2.00 bits per heavy atom. The Labute approximate surface area is 141 Å². The molecule has 1 aromatic carbocycles. The van der Waals surface area contributed by atoms with E-state index in [0.717, 1.165) is 5.56 Å². The number of nitrogens with zero attached hydrogens (tertiary/aromatic N) is 2. The third-order valence-electron chi connectivity index (χ3n) is 3.19. The van der Waals surface area contributed by atoms with Crippen LogP contribution in [0.25, 0.3) is 0 Å². The van der Waals surface area contributed by atoms with Crippen molar-refractivity contribution < 1.29 is 9.59 Å². The molecule has 0 fully saturated rings. The number of hydrogen-bond donors (Lipinski definition) is 2. The SMILES string of the molecule is N#Cc1ccc(C(=O)N[C@@H](Cc2cccnc2Br)C(N)=O)cc1. The summed E-state index contributed by atoms with van der Waals surface area (Å²) in [6.07, 6.45) is 1.84. The Morgan fingerprint density at radius 3 is 2.57 bits per heavy atom. The van der Waals surface area contributed by atoms with Gasteiger partial charge in [-0.05, 0) is 51.8 Å². The lowest BCUT2D eigenvalue weighted by Gasteiger charge is -2.16. The Bertz CT molecular complexity index is 768. The van der Waals surface area contributed by atoms with Gasteiger partial charge in [-0.15, -0.1) is 0 Å². The van der Waals surface area contributed by atoms with Crippen LogP contribution in [0, 0.1) is 11.3 Å². The predicted molar refractivity (Wildman–Crippen MR) is 87.2 cm³/mol. The summed E-state index contributed by atoms with van der Waals surface area (Å²) < 4.78 is 0.596. The van der Waals surface area contributed by atoms with Crippen LogP contribution in [0.15, 0.2) is 47.2 Å². The molecule has 3 N–H and O–H groups in total. The average molecular weight is 373 g/mol. The lowest BCUT2D eigenvalue weighted by Crippen LogP contribution is -2.45. The molecular weight excluding hydrogens is 360 g/mol. The van der Waals surface area contributed by atoms with Gasteiger partial charge in [-0.2, -0.15) is 5.26 Å². The number of halogens is 1. The van der Waals surface area contributed by atoms with Crippen LogP contribution in [0.4, 0.5) is 0 Å². The molecule has 1 heterocycles. The number of carbonyl (C=O) groups is 2. The van der Waals surface area contributed by atoms with E-state index >= 15 is 0 Å². The number of rotatable bonds is 5. The summed E-state index contributed by atoms with van der Waals surface area (Å²) in [4.78, 5) is 27.9. The first-order chi connectivity index (χ1) is 11.0. The van der Waals surface area contributed by atoms with Gasteiger partial charge in [0.05, 0.1) is 11.6 Å². The molecule has 0 saturated heterocycles. The molecule has 0 aliphatic heterocycles. The maximum Gasteiger partial charge on any atom is 0.251 e. The fourth-order valence-electron chi connectivity index (χ4n) is 1.95. The van der Waals surface area contributed by atoms with Gasteiger partial charge in [0.1, 0.15) is 10.6 Å². The number of nitrogens with two attached hydrogens (primary N) is 1. The first-order valence-electron chi connectivity index (χ1n) is 6.71. The zero-order chi connectivity index (χ0) is 16.8. The van der Waals surface area contributed by atoms with E-state index in [-0.39, 0.29) is 6.42 Å². The van der Waals surface area contributed by atoms with Gasteiger partial charge in [-0.1, -0.05) is 6.07 Å². The Balaban J connectivity index is 2.13. The standard InChI is InChI=1S/C16H13BrN4O2/c17-14-12(2-1-7-20-14)8-13(15(19)22)21-16(23)11-5-3-10(9-18)4-6-11/h1-7,13H,8H2,(H2,19,22)(H,21,23)/t13-/m0/s1. The van der Waals surface area contributed by atoms with Crippen LogP contribution in [-0.2, 0) is 11.2 Å². The van der Waals surface area contributed by atoms with Crippen molar-refractivity contribution in [2.75, 3.05) is 0 Å². The second kappa shape index (κ2) is 7.51. The molecule has 2 aromatic rings. The maximum absolute atomic E-state index is 12.2. The molecule has 2 rings (SSSR count).